The van der Waals surface area contributed by atoms with Crippen molar-refractivity contribution in [2.24, 2.45) is 5.73 Å². The van der Waals surface area contributed by atoms with Crippen LogP contribution >= 0.6 is 22.9 Å². The lowest BCUT2D eigenvalue weighted by molar-refractivity contribution is 1.10. The third kappa shape index (κ3) is 2.20. The molecule has 15 heavy (non-hydrogen) atoms. The summed E-state index contributed by atoms with van der Waals surface area (Å²) in [6, 6.07) is 5.82. The molecule has 2 aromatic rings. The Bertz CT molecular complexity index is 479. The molecule has 2 nitrogen and oxygen atoms in total. The van der Waals surface area contributed by atoms with Crippen LogP contribution in [0.25, 0.3) is 10.6 Å². The number of nitrogens with two attached hydrogens (primary N) is 1. The van der Waals surface area contributed by atoms with Crippen LogP contribution in [-0.4, -0.2) is 4.98 Å². The van der Waals surface area contributed by atoms with E-state index in [1.807, 2.05) is 31.3 Å². The summed E-state index contributed by atoms with van der Waals surface area (Å²) in [4.78, 5) is 5.44. The van der Waals surface area contributed by atoms with E-state index in [4.69, 9.17) is 17.3 Å². The minimum Gasteiger partial charge on any atom is -0.326 e. The van der Waals surface area contributed by atoms with Gasteiger partial charge in [-0.05, 0) is 24.6 Å². The van der Waals surface area contributed by atoms with Gasteiger partial charge in [0.1, 0.15) is 5.01 Å². The van der Waals surface area contributed by atoms with Crippen molar-refractivity contribution in [2.45, 2.75) is 13.5 Å². The van der Waals surface area contributed by atoms with E-state index in [1.54, 1.807) is 11.3 Å². The van der Waals surface area contributed by atoms with Gasteiger partial charge < -0.3 is 5.73 Å². The van der Waals surface area contributed by atoms with Gasteiger partial charge in [-0.2, -0.15) is 0 Å². The minimum atomic E-state index is 0.546. The zero-order chi connectivity index (χ0) is 10.8. The highest BCUT2D eigenvalue weighted by molar-refractivity contribution is 7.15. The lowest BCUT2D eigenvalue weighted by Crippen LogP contribution is -1.91. The Hall–Kier alpha value is -0.900. The van der Waals surface area contributed by atoms with Gasteiger partial charge in [-0.15, -0.1) is 11.3 Å². The molecule has 1 heterocycles. The molecular weight excluding hydrogens is 228 g/mol. The van der Waals surface area contributed by atoms with Crippen LogP contribution in [0.15, 0.2) is 24.4 Å². The van der Waals surface area contributed by atoms with Crippen molar-refractivity contribution >= 4 is 22.9 Å². The maximum absolute atomic E-state index is 5.90. The van der Waals surface area contributed by atoms with Crippen LogP contribution in [0.2, 0.25) is 5.02 Å². The summed E-state index contributed by atoms with van der Waals surface area (Å²) in [6.07, 6.45) is 1.83. The number of rotatable bonds is 2. The smallest absolute Gasteiger partial charge is 0.123 e. The molecule has 0 spiro atoms. The van der Waals surface area contributed by atoms with Crippen molar-refractivity contribution in [3.8, 4) is 10.6 Å². The quantitative estimate of drug-likeness (QED) is 0.873. The van der Waals surface area contributed by atoms with Crippen LogP contribution in [-0.2, 0) is 6.54 Å². The second-order valence-corrected chi connectivity index (χ2v) is 4.85. The van der Waals surface area contributed by atoms with Gasteiger partial charge in [-0.3, -0.25) is 0 Å². The molecule has 0 bridgehead atoms. The first-order chi connectivity index (χ1) is 7.20. The van der Waals surface area contributed by atoms with E-state index in [1.165, 1.54) is 0 Å². The second-order valence-electron chi connectivity index (χ2n) is 3.30. The maximum atomic E-state index is 5.90. The highest BCUT2D eigenvalue weighted by Gasteiger charge is 2.06. The molecular formula is C11H11ClN2S. The summed E-state index contributed by atoms with van der Waals surface area (Å²) < 4.78 is 0. The van der Waals surface area contributed by atoms with Crippen molar-refractivity contribution in [3.63, 3.8) is 0 Å². The van der Waals surface area contributed by atoms with Gasteiger partial charge in [0.2, 0.25) is 0 Å². The number of aromatic nitrogens is 1. The maximum Gasteiger partial charge on any atom is 0.123 e. The highest BCUT2D eigenvalue weighted by atomic mass is 35.5. The fourth-order valence-corrected chi connectivity index (χ4v) is 2.50. The van der Waals surface area contributed by atoms with Crippen LogP contribution in [0.5, 0.6) is 0 Å². The van der Waals surface area contributed by atoms with Gasteiger partial charge in [0.05, 0.1) is 0 Å². The van der Waals surface area contributed by atoms with Crippen molar-refractivity contribution in [1.29, 1.82) is 0 Å². The summed E-state index contributed by atoms with van der Waals surface area (Å²) >= 11 is 7.53. The Kier molecular flexibility index (Phi) is 3.05. The number of benzene rings is 1. The van der Waals surface area contributed by atoms with Crippen LogP contribution in [0.4, 0.5) is 0 Å². The fourth-order valence-electron chi connectivity index (χ4n) is 1.39. The first kappa shape index (κ1) is 10.6. The second kappa shape index (κ2) is 4.31. The van der Waals surface area contributed by atoms with Gasteiger partial charge in [-0.25, -0.2) is 4.98 Å². The van der Waals surface area contributed by atoms with E-state index in [9.17, 15) is 0 Å². The summed E-state index contributed by atoms with van der Waals surface area (Å²) in [6.45, 7) is 2.58. The Morgan fingerprint density at radius 2 is 2.27 bits per heavy atom. The molecule has 1 aromatic carbocycles. The Morgan fingerprint density at radius 1 is 1.47 bits per heavy atom. The van der Waals surface area contributed by atoms with Gasteiger partial charge in [0.15, 0.2) is 0 Å². The summed E-state index contributed by atoms with van der Waals surface area (Å²) in [7, 11) is 0. The molecule has 78 valence electrons. The summed E-state index contributed by atoms with van der Waals surface area (Å²) in [5, 5.41) is 1.76. The average molecular weight is 239 g/mol. The first-order valence-corrected chi connectivity index (χ1v) is 5.81. The SMILES string of the molecule is Cc1cc(Cl)ccc1-c1ncc(CN)s1. The molecule has 4 heteroatoms. The Balaban J connectivity index is 2.44. The molecule has 0 saturated carbocycles. The van der Waals surface area contributed by atoms with E-state index in [0.717, 1.165) is 26.0 Å². The van der Waals surface area contributed by atoms with Crippen LogP contribution in [0.3, 0.4) is 0 Å². The number of hydrogen-bond donors (Lipinski definition) is 1. The third-order valence-electron chi connectivity index (χ3n) is 2.17. The van der Waals surface area contributed by atoms with Gasteiger partial charge in [-0.1, -0.05) is 17.7 Å². The molecule has 0 aliphatic carbocycles. The van der Waals surface area contributed by atoms with Gasteiger partial charge >= 0.3 is 0 Å². The minimum absolute atomic E-state index is 0.546. The fraction of sp³-hybridized carbons (Fsp3) is 0.182. The average Bonchev–Trinajstić information content (AvgIpc) is 2.66. The number of nitrogens with zero attached hydrogens (tertiary/aromatic N) is 1. The predicted molar refractivity (Wildman–Crippen MR) is 65.2 cm³/mol. The molecule has 0 atom stereocenters. The van der Waals surface area contributed by atoms with Crippen LogP contribution in [0, 0.1) is 6.92 Å². The van der Waals surface area contributed by atoms with E-state index in [-0.39, 0.29) is 0 Å². The molecule has 2 N–H and O–H groups in total. The highest BCUT2D eigenvalue weighted by Crippen LogP contribution is 2.29. The number of halogens is 1. The molecule has 0 aliphatic heterocycles. The van der Waals surface area contributed by atoms with Crippen molar-refractivity contribution < 1.29 is 0 Å². The number of aryl methyl sites for hydroxylation is 1. The normalized spacial score (nSPS) is 10.6. The zero-order valence-corrected chi connectivity index (χ0v) is 9.90. The standard InChI is InChI=1S/C11H11ClN2S/c1-7-4-8(12)2-3-10(7)11-14-6-9(5-13)15-11/h2-4,6H,5,13H2,1H3. The van der Waals surface area contributed by atoms with Crippen LogP contribution < -0.4 is 5.73 Å². The monoisotopic (exact) mass is 238 g/mol. The molecule has 0 saturated heterocycles. The van der Waals surface area contributed by atoms with Crippen molar-refractivity contribution in [1.82, 2.24) is 4.98 Å². The lowest BCUT2D eigenvalue weighted by atomic mass is 10.1. The first-order valence-electron chi connectivity index (χ1n) is 4.62. The van der Waals surface area contributed by atoms with Crippen LogP contribution in [0.1, 0.15) is 10.4 Å². The number of thiazole rings is 1. The molecule has 0 aliphatic rings. The molecule has 0 radical (unpaired) electrons. The molecule has 0 amide bonds. The van der Waals surface area contributed by atoms with Gasteiger partial charge in [0.25, 0.3) is 0 Å². The topological polar surface area (TPSA) is 38.9 Å². The van der Waals surface area contributed by atoms with Gasteiger partial charge in [0, 0.05) is 28.2 Å². The molecule has 0 unspecified atom stereocenters. The van der Waals surface area contributed by atoms with E-state index < -0.39 is 0 Å². The third-order valence-corrected chi connectivity index (χ3v) is 3.46. The zero-order valence-electron chi connectivity index (χ0n) is 8.33. The van der Waals surface area contributed by atoms with E-state index in [0.29, 0.717) is 6.54 Å². The largest absolute Gasteiger partial charge is 0.326 e. The Labute approximate surface area is 97.7 Å². The van der Waals surface area contributed by atoms with E-state index in [2.05, 4.69) is 4.98 Å². The van der Waals surface area contributed by atoms with Crippen molar-refractivity contribution in [2.75, 3.05) is 0 Å². The predicted octanol–water partition coefficient (Wildman–Crippen LogP) is 3.23. The number of hydrogen-bond acceptors (Lipinski definition) is 3. The lowest BCUT2D eigenvalue weighted by Gasteiger charge is -2.01. The summed E-state index contributed by atoms with van der Waals surface area (Å²) in [5.74, 6) is 0. The molecule has 2 rings (SSSR count). The Morgan fingerprint density at radius 3 is 2.87 bits per heavy atom. The molecule has 1 aromatic heterocycles. The van der Waals surface area contributed by atoms with Crippen molar-refractivity contribution in [3.05, 3.63) is 39.9 Å². The molecule has 0 fully saturated rings. The summed E-state index contributed by atoms with van der Waals surface area (Å²) in [5.41, 5.74) is 7.82. The van der Waals surface area contributed by atoms with E-state index >= 15 is 0 Å².